The zero-order valence-electron chi connectivity index (χ0n) is 10.8. The van der Waals surface area contributed by atoms with Gasteiger partial charge in [-0.3, -0.25) is 4.79 Å². The second kappa shape index (κ2) is 5.28. The maximum Gasteiger partial charge on any atom is 0.259 e. The lowest BCUT2D eigenvalue weighted by Gasteiger charge is -1.99. The van der Waals surface area contributed by atoms with E-state index in [1.165, 1.54) is 24.3 Å². The highest BCUT2D eigenvalue weighted by Gasteiger charge is 2.03. The van der Waals surface area contributed by atoms with Crippen LogP contribution in [0.25, 0.3) is 23.1 Å². The molecular formula is C16H10F2N2O. The molecule has 0 unspecified atom stereocenters. The van der Waals surface area contributed by atoms with Gasteiger partial charge in [-0.05, 0) is 42.0 Å². The summed E-state index contributed by atoms with van der Waals surface area (Å²) in [6.45, 7) is 0. The van der Waals surface area contributed by atoms with Crippen molar-refractivity contribution in [3.63, 3.8) is 0 Å². The van der Waals surface area contributed by atoms with Gasteiger partial charge in [0.05, 0.1) is 10.9 Å². The maximum atomic E-state index is 13.1. The van der Waals surface area contributed by atoms with Gasteiger partial charge in [-0.25, -0.2) is 13.8 Å². The summed E-state index contributed by atoms with van der Waals surface area (Å²) < 4.78 is 25.9. The van der Waals surface area contributed by atoms with Crippen molar-refractivity contribution < 1.29 is 8.78 Å². The zero-order chi connectivity index (χ0) is 14.8. The quantitative estimate of drug-likeness (QED) is 0.784. The number of benzene rings is 2. The molecule has 0 saturated heterocycles. The minimum atomic E-state index is -0.482. The molecule has 1 heterocycles. The van der Waals surface area contributed by atoms with Gasteiger partial charge in [-0.15, -0.1) is 0 Å². The lowest BCUT2D eigenvalue weighted by atomic mass is 10.2. The summed E-state index contributed by atoms with van der Waals surface area (Å²) >= 11 is 0. The van der Waals surface area contributed by atoms with E-state index in [-0.39, 0.29) is 11.2 Å². The number of H-pyrrole nitrogens is 1. The monoisotopic (exact) mass is 284 g/mol. The Bertz CT molecular complexity index is 883. The highest BCUT2D eigenvalue weighted by atomic mass is 19.1. The van der Waals surface area contributed by atoms with Crippen LogP contribution in [-0.4, -0.2) is 9.97 Å². The summed E-state index contributed by atoms with van der Waals surface area (Å²) in [5.74, 6) is -0.445. The molecule has 1 N–H and O–H groups in total. The molecule has 0 bridgehead atoms. The van der Waals surface area contributed by atoms with E-state index < -0.39 is 11.4 Å². The highest BCUT2D eigenvalue weighted by molar-refractivity contribution is 5.79. The molecule has 3 rings (SSSR count). The smallest absolute Gasteiger partial charge is 0.259 e. The number of hydrogen-bond acceptors (Lipinski definition) is 2. The van der Waals surface area contributed by atoms with Crippen LogP contribution in [0.15, 0.2) is 47.3 Å². The molecule has 1 aromatic heterocycles. The van der Waals surface area contributed by atoms with Crippen LogP contribution in [0.5, 0.6) is 0 Å². The topological polar surface area (TPSA) is 45.8 Å². The lowest BCUT2D eigenvalue weighted by Crippen LogP contribution is -2.09. The number of nitrogens with one attached hydrogen (secondary N) is 1. The van der Waals surface area contributed by atoms with Gasteiger partial charge in [0.1, 0.15) is 17.5 Å². The molecule has 0 saturated carbocycles. The van der Waals surface area contributed by atoms with Gasteiger partial charge in [0.15, 0.2) is 0 Å². The van der Waals surface area contributed by atoms with Crippen LogP contribution in [0.1, 0.15) is 11.4 Å². The zero-order valence-corrected chi connectivity index (χ0v) is 10.8. The van der Waals surface area contributed by atoms with Crippen molar-refractivity contribution in [1.29, 1.82) is 0 Å². The number of nitrogens with zero attached hydrogens (tertiary/aromatic N) is 1. The molecule has 0 fully saturated rings. The van der Waals surface area contributed by atoms with Crippen molar-refractivity contribution in [2.45, 2.75) is 0 Å². The molecule has 3 nitrogen and oxygen atoms in total. The molecule has 21 heavy (non-hydrogen) atoms. The van der Waals surface area contributed by atoms with Crippen molar-refractivity contribution in [2.75, 3.05) is 0 Å². The Kier molecular flexibility index (Phi) is 3.31. The molecule has 3 aromatic rings. The number of fused-ring (bicyclic) bond motifs is 1. The Morgan fingerprint density at radius 1 is 0.952 bits per heavy atom. The van der Waals surface area contributed by atoms with Gasteiger partial charge < -0.3 is 4.98 Å². The van der Waals surface area contributed by atoms with Crippen molar-refractivity contribution >= 4 is 23.1 Å². The SMILES string of the molecule is O=c1[nH]c(/C=C/c2ccc(F)cc2)nc2ccc(F)cc12. The Morgan fingerprint density at radius 2 is 1.67 bits per heavy atom. The molecule has 0 aliphatic heterocycles. The van der Waals surface area contributed by atoms with Gasteiger partial charge >= 0.3 is 0 Å². The number of aromatic nitrogens is 2. The molecule has 0 aliphatic rings. The predicted octanol–water partition coefficient (Wildman–Crippen LogP) is 3.37. The van der Waals surface area contributed by atoms with Gasteiger partial charge in [0.2, 0.25) is 0 Å². The number of aromatic amines is 1. The van der Waals surface area contributed by atoms with Crippen molar-refractivity contribution in [2.24, 2.45) is 0 Å². The van der Waals surface area contributed by atoms with E-state index in [4.69, 9.17) is 0 Å². The first-order chi connectivity index (χ1) is 10.1. The van der Waals surface area contributed by atoms with Crippen LogP contribution in [0.3, 0.4) is 0 Å². The normalized spacial score (nSPS) is 11.3. The van der Waals surface area contributed by atoms with Crippen molar-refractivity contribution in [3.8, 4) is 0 Å². The van der Waals surface area contributed by atoms with Crippen LogP contribution < -0.4 is 5.56 Å². The van der Waals surface area contributed by atoms with Gasteiger partial charge in [-0.2, -0.15) is 0 Å². The third-order valence-electron chi connectivity index (χ3n) is 2.99. The molecule has 5 heteroatoms. The first-order valence-corrected chi connectivity index (χ1v) is 6.25. The minimum Gasteiger partial charge on any atom is -0.306 e. The molecule has 0 spiro atoms. The molecule has 0 amide bonds. The average molecular weight is 284 g/mol. The van der Waals surface area contributed by atoms with E-state index in [1.807, 2.05) is 0 Å². The Labute approximate surface area is 118 Å². The molecule has 0 atom stereocenters. The molecule has 104 valence electrons. The second-order valence-corrected chi connectivity index (χ2v) is 4.50. The predicted molar refractivity (Wildman–Crippen MR) is 77.6 cm³/mol. The molecular weight excluding hydrogens is 274 g/mol. The summed E-state index contributed by atoms with van der Waals surface area (Å²) in [7, 11) is 0. The fourth-order valence-electron chi connectivity index (χ4n) is 1.96. The number of halogens is 2. The fourth-order valence-corrected chi connectivity index (χ4v) is 1.96. The summed E-state index contributed by atoms with van der Waals surface area (Å²) in [6, 6.07) is 9.77. The van der Waals surface area contributed by atoms with E-state index in [2.05, 4.69) is 9.97 Å². The summed E-state index contributed by atoms with van der Waals surface area (Å²) in [5.41, 5.74) is 0.787. The van der Waals surface area contributed by atoms with Crippen LogP contribution in [-0.2, 0) is 0 Å². The van der Waals surface area contributed by atoms with Crippen molar-refractivity contribution in [1.82, 2.24) is 9.97 Å². The van der Waals surface area contributed by atoms with E-state index in [0.717, 1.165) is 11.6 Å². The molecule has 0 radical (unpaired) electrons. The summed E-state index contributed by atoms with van der Waals surface area (Å²) in [5, 5.41) is 0.203. The first-order valence-electron chi connectivity index (χ1n) is 6.25. The van der Waals surface area contributed by atoms with Crippen molar-refractivity contribution in [3.05, 3.63) is 75.8 Å². The van der Waals surface area contributed by atoms with E-state index >= 15 is 0 Å². The minimum absolute atomic E-state index is 0.203. The summed E-state index contributed by atoms with van der Waals surface area (Å²) in [4.78, 5) is 18.7. The van der Waals surface area contributed by atoms with Gasteiger partial charge in [0.25, 0.3) is 5.56 Å². The van der Waals surface area contributed by atoms with Gasteiger partial charge in [-0.1, -0.05) is 18.2 Å². The fraction of sp³-hybridized carbons (Fsp3) is 0. The van der Waals surface area contributed by atoms with Gasteiger partial charge in [0, 0.05) is 0 Å². The summed E-state index contributed by atoms with van der Waals surface area (Å²) in [6.07, 6.45) is 3.31. The standard InChI is InChI=1S/C16H10F2N2O/c17-11-4-1-10(2-5-11)3-8-15-19-14-7-6-12(18)9-13(14)16(21)20-15/h1-9H,(H,19,20,21)/b8-3+. The number of rotatable bonds is 2. The second-order valence-electron chi connectivity index (χ2n) is 4.50. The Balaban J connectivity index is 1.99. The van der Waals surface area contributed by atoms with Crippen LogP contribution >= 0.6 is 0 Å². The van der Waals surface area contributed by atoms with E-state index in [0.29, 0.717) is 11.3 Å². The van der Waals surface area contributed by atoms with E-state index in [9.17, 15) is 13.6 Å². The van der Waals surface area contributed by atoms with E-state index in [1.54, 1.807) is 24.3 Å². The Hall–Kier alpha value is -2.82. The Morgan fingerprint density at radius 3 is 2.43 bits per heavy atom. The van der Waals surface area contributed by atoms with Crippen LogP contribution in [0.4, 0.5) is 8.78 Å². The maximum absolute atomic E-state index is 13.1. The third kappa shape index (κ3) is 2.86. The lowest BCUT2D eigenvalue weighted by molar-refractivity contribution is 0.627. The van der Waals surface area contributed by atoms with Crippen LogP contribution in [0, 0.1) is 11.6 Å². The molecule has 2 aromatic carbocycles. The number of hydrogen-bond donors (Lipinski definition) is 1. The third-order valence-corrected chi connectivity index (χ3v) is 2.99. The highest BCUT2D eigenvalue weighted by Crippen LogP contribution is 2.11. The largest absolute Gasteiger partial charge is 0.306 e. The van der Waals surface area contributed by atoms with Crippen LogP contribution in [0.2, 0.25) is 0 Å². The first kappa shape index (κ1) is 13.2. The molecule has 0 aliphatic carbocycles. The average Bonchev–Trinajstić information content (AvgIpc) is 2.47.